The lowest BCUT2D eigenvalue weighted by Crippen LogP contribution is -2.13. The molecule has 8 nitrogen and oxygen atoms in total. The molecule has 0 saturated heterocycles. The Morgan fingerprint density at radius 2 is 2.24 bits per heavy atom. The summed E-state index contributed by atoms with van der Waals surface area (Å²) in [6.07, 6.45) is 0.421. The minimum atomic E-state index is -0.477. The molecule has 0 aliphatic heterocycles. The predicted molar refractivity (Wildman–Crippen MR) is 92.4 cm³/mol. The molecule has 2 aromatic heterocycles. The van der Waals surface area contributed by atoms with Gasteiger partial charge in [-0.25, -0.2) is 0 Å². The van der Waals surface area contributed by atoms with Crippen LogP contribution in [0.2, 0.25) is 0 Å². The lowest BCUT2D eigenvalue weighted by Gasteiger charge is -2.07. The number of nitrogens with zero attached hydrogens (tertiary/aromatic N) is 3. The summed E-state index contributed by atoms with van der Waals surface area (Å²) >= 11 is 1.53. The van der Waals surface area contributed by atoms with Crippen molar-refractivity contribution in [3.05, 3.63) is 56.6 Å². The number of aromatic nitrogens is 2. The predicted octanol–water partition coefficient (Wildman–Crippen LogP) is 3.59. The molecular formula is C16H14N4O4S. The van der Waals surface area contributed by atoms with Gasteiger partial charge in [0.2, 0.25) is 17.6 Å². The van der Waals surface area contributed by atoms with Crippen LogP contribution in [0.25, 0.3) is 11.4 Å². The van der Waals surface area contributed by atoms with Crippen LogP contribution in [0.3, 0.4) is 0 Å². The molecule has 1 N–H and O–H groups in total. The SMILES string of the molecule is Cc1c(NC(=O)CCc2nc(-c3ccsc3)no2)cccc1[N+](=O)[O-]. The van der Waals surface area contributed by atoms with E-state index in [0.717, 1.165) is 5.56 Å². The molecule has 3 rings (SSSR count). The van der Waals surface area contributed by atoms with Crippen LogP contribution in [0.4, 0.5) is 11.4 Å². The van der Waals surface area contributed by atoms with Gasteiger partial charge in [0.05, 0.1) is 16.2 Å². The quantitative estimate of drug-likeness (QED) is 0.532. The molecule has 1 amide bonds. The smallest absolute Gasteiger partial charge is 0.274 e. The number of carbonyl (C=O) groups excluding carboxylic acids is 1. The number of carbonyl (C=O) groups is 1. The summed E-state index contributed by atoms with van der Waals surface area (Å²) in [6, 6.07) is 6.44. The van der Waals surface area contributed by atoms with Crippen LogP contribution in [-0.4, -0.2) is 21.0 Å². The molecule has 0 radical (unpaired) electrons. The van der Waals surface area contributed by atoms with E-state index in [-0.39, 0.29) is 24.4 Å². The van der Waals surface area contributed by atoms with Gasteiger partial charge in [-0.15, -0.1) is 0 Å². The van der Waals surface area contributed by atoms with Crippen molar-refractivity contribution < 1.29 is 14.2 Å². The van der Waals surface area contributed by atoms with E-state index in [1.165, 1.54) is 23.5 Å². The molecule has 0 atom stereocenters. The normalized spacial score (nSPS) is 10.6. The molecule has 25 heavy (non-hydrogen) atoms. The lowest BCUT2D eigenvalue weighted by molar-refractivity contribution is -0.385. The summed E-state index contributed by atoms with van der Waals surface area (Å²) in [5.74, 6) is 0.581. The Labute approximate surface area is 146 Å². The molecule has 0 bridgehead atoms. The molecule has 3 aromatic rings. The number of benzene rings is 1. The van der Waals surface area contributed by atoms with E-state index in [2.05, 4.69) is 15.5 Å². The fraction of sp³-hybridized carbons (Fsp3) is 0.188. The van der Waals surface area contributed by atoms with Crippen molar-refractivity contribution >= 4 is 28.6 Å². The van der Waals surface area contributed by atoms with Crippen LogP contribution in [0, 0.1) is 17.0 Å². The average molecular weight is 358 g/mol. The first-order chi connectivity index (χ1) is 12.0. The van der Waals surface area contributed by atoms with Crippen LogP contribution >= 0.6 is 11.3 Å². The molecule has 0 fully saturated rings. The number of rotatable bonds is 6. The van der Waals surface area contributed by atoms with E-state index in [9.17, 15) is 14.9 Å². The first-order valence-corrected chi connectivity index (χ1v) is 8.38. The Morgan fingerprint density at radius 1 is 1.40 bits per heavy atom. The van der Waals surface area contributed by atoms with Gasteiger partial charge in [-0.1, -0.05) is 11.2 Å². The Kier molecular flexibility index (Phi) is 4.85. The fourth-order valence-corrected chi connectivity index (χ4v) is 2.89. The van der Waals surface area contributed by atoms with Crippen LogP contribution in [-0.2, 0) is 11.2 Å². The molecule has 0 aliphatic rings. The maximum absolute atomic E-state index is 12.1. The van der Waals surface area contributed by atoms with Gasteiger partial charge in [-0.2, -0.15) is 16.3 Å². The number of thiophene rings is 1. The summed E-state index contributed by atoms with van der Waals surface area (Å²) in [5, 5.41) is 21.3. The lowest BCUT2D eigenvalue weighted by atomic mass is 10.1. The zero-order chi connectivity index (χ0) is 17.8. The number of hydrogen-bond donors (Lipinski definition) is 1. The van der Waals surface area contributed by atoms with Crippen LogP contribution in [0.1, 0.15) is 17.9 Å². The molecule has 0 aliphatic carbocycles. The van der Waals surface area contributed by atoms with Crippen molar-refractivity contribution in [2.45, 2.75) is 19.8 Å². The van der Waals surface area contributed by atoms with Gasteiger partial charge < -0.3 is 9.84 Å². The van der Waals surface area contributed by atoms with Gasteiger partial charge in [-0.3, -0.25) is 14.9 Å². The zero-order valence-corrected chi connectivity index (χ0v) is 14.1. The van der Waals surface area contributed by atoms with Gasteiger partial charge in [0, 0.05) is 29.9 Å². The van der Waals surface area contributed by atoms with Crippen molar-refractivity contribution in [3.63, 3.8) is 0 Å². The van der Waals surface area contributed by atoms with Crippen molar-refractivity contribution in [1.82, 2.24) is 10.1 Å². The molecule has 0 saturated carbocycles. The number of aryl methyl sites for hydroxylation is 1. The van der Waals surface area contributed by atoms with E-state index in [0.29, 0.717) is 23.0 Å². The number of nitrogens with one attached hydrogen (secondary N) is 1. The number of nitro groups is 1. The standard InChI is InChI=1S/C16H14N4O4S/c1-10-12(3-2-4-13(10)20(22)23)17-14(21)5-6-15-18-16(19-24-15)11-7-8-25-9-11/h2-4,7-9H,5-6H2,1H3,(H,17,21). The maximum atomic E-state index is 12.1. The van der Waals surface area contributed by atoms with Gasteiger partial charge in [0.25, 0.3) is 5.69 Å². The van der Waals surface area contributed by atoms with Crippen LogP contribution in [0.15, 0.2) is 39.5 Å². The summed E-state index contributed by atoms with van der Waals surface area (Å²) in [5.41, 5.74) is 1.67. The Morgan fingerprint density at radius 3 is 2.96 bits per heavy atom. The highest BCUT2D eigenvalue weighted by atomic mass is 32.1. The monoisotopic (exact) mass is 358 g/mol. The molecule has 1 aromatic carbocycles. The van der Waals surface area contributed by atoms with Crippen LogP contribution < -0.4 is 5.32 Å². The number of hydrogen-bond acceptors (Lipinski definition) is 7. The molecule has 0 spiro atoms. The largest absolute Gasteiger partial charge is 0.339 e. The van der Waals surface area contributed by atoms with Crippen molar-refractivity contribution in [2.75, 3.05) is 5.32 Å². The minimum Gasteiger partial charge on any atom is -0.339 e. The van der Waals surface area contributed by atoms with E-state index < -0.39 is 4.92 Å². The van der Waals surface area contributed by atoms with Gasteiger partial charge in [0.15, 0.2) is 0 Å². The van der Waals surface area contributed by atoms with Crippen molar-refractivity contribution in [1.29, 1.82) is 0 Å². The molecular weight excluding hydrogens is 344 g/mol. The molecule has 0 unspecified atom stereocenters. The summed E-state index contributed by atoms with van der Waals surface area (Å²) in [7, 11) is 0. The van der Waals surface area contributed by atoms with Crippen molar-refractivity contribution in [3.8, 4) is 11.4 Å². The third-order valence-electron chi connectivity index (χ3n) is 3.59. The fourth-order valence-electron chi connectivity index (χ4n) is 2.26. The third-order valence-corrected chi connectivity index (χ3v) is 4.27. The Hall–Kier alpha value is -3.07. The summed E-state index contributed by atoms with van der Waals surface area (Å²) in [6.45, 7) is 1.60. The van der Waals surface area contributed by atoms with E-state index >= 15 is 0 Å². The second-order valence-corrected chi connectivity index (χ2v) is 6.06. The van der Waals surface area contributed by atoms with Gasteiger partial charge in [-0.05, 0) is 24.4 Å². The number of nitro benzene ring substituents is 1. The Bertz CT molecular complexity index is 905. The number of amides is 1. The zero-order valence-electron chi connectivity index (χ0n) is 13.3. The Balaban J connectivity index is 1.60. The highest BCUT2D eigenvalue weighted by Gasteiger charge is 2.16. The maximum Gasteiger partial charge on any atom is 0.274 e. The molecule has 9 heteroatoms. The molecule has 2 heterocycles. The highest BCUT2D eigenvalue weighted by Crippen LogP contribution is 2.25. The van der Waals surface area contributed by atoms with E-state index in [1.807, 2.05) is 16.8 Å². The topological polar surface area (TPSA) is 111 Å². The van der Waals surface area contributed by atoms with Gasteiger partial charge >= 0.3 is 0 Å². The van der Waals surface area contributed by atoms with Crippen molar-refractivity contribution in [2.24, 2.45) is 0 Å². The van der Waals surface area contributed by atoms with E-state index in [4.69, 9.17) is 4.52 Å². The number of anilines is 1. The highest BCUT2D eigenvalue weighted by molar-refractivity contribution is 7.08. The third kappa shape index (κ3) is 3.89. The summed E-state index contributed by atoms with van der Waals surface area (Å²) < 4.78 is 5.14. The summed E-state index contributed by atoms with van der Waals surface area (Å²) in [4.78, 5) is 26.8. The van der Waals surface area contributed by atoms with E-state index in [1.54, 1.807) is 13.0 Å². The second kappa shape index (κ2) is 7.22. The first kappa shape index (κ1) is 16.8. The minimum absolute atomic E-state index is 0.0323. The average Bonchev–Trinajstić information content (AvgIpc) is 3.25. The second-order valence-electron chi connectivity index (χ2n) is 5.28. The first-order valence-electron chi connectivity index (χ1n) is 7.43. The van der Waals surface area contributed by atoms with Gasteiger partial charge in [0.1, 0.15) is 0 Å². The molecule has 128 valence electrons. The van der Waals surface area contributed by atoms with Crippen LogP contribution in [0.5, 0.6) is 0 Å².